The average Bonchev–Trinajstić information content (AvgIpc) is 3.29. The number of aliphatic hydroxyl groups is 1. The van der Waals surface area contributed by atoms with E-state index < -0.39 is 15.9 Å². The zero-order chi connectivity index (χ0) is 23.1. The molecule has 1 aliphatic rings. The minimum Gasteiger partial charge on any atom is -0.441 e. The monoisotopic (exact) mass is 454 g/mol. The first-order chi connectivity index (χ1) is 15.0. The van der Waals surface area contributed by atoms with Crippen molar-refractivity contribution < 1.29 is 17.9 Å². The Kier molecular flexibility index (Phi) is 6.00. The Hall–Kier alpha value is -2.48. The second-order valence-corrected chi connectivity index (χ2v) is 11.2. The summed E-state index contributed by atoms with van der Waals surface area (Å²) < 4.78 is 29.2. The van der Waals surface area contributed by atoms with Crippen molar-refractivity contribution in [1.29, 1.82) is 0 Å². The SMILES string of the molecule is Cc1oc(-c2ccc(-c3ccc(S(C)(=O)=O)cc3)cc2)nc1C(O)CN1CCCC1(C)C. The summed E-state index contributed by atoms with van der Waals surface area (Å²) in [5.41, 5.74) is 3.40. The van der Waals surface area contributed by atoms with Crippen molar-refractivity contribution in [3.8, 4) is 22.6 Å². The molecular formula is C25H30N2O4S. The van der Waals surface area contributed by atoms with Crippen LogP contribution < -0.4 is 0 Å². The molecule has 3 aromatic rings. The van der Waals surface area contributed by atoms with Crippen LogP contribution in [0.2, 0.25) is 0 Å². The first kappa shape index (κ1) is 22.7. The van der Waals surface area contributed by atoms with Gasteiger partial charge >= 0.3 is 0 Å². The maximum Gasteiger partial charge on any atom is 0.226 e. The number of β-amino-alcohol motifs (C(OH)–C–C–N with tert-alkyl or cyclic N) is 1. The first-order valence-corrected chi connectivity index (χ1v) is 12.8. The van der Waals surface area contributed by atoms with Gasteiger partial charge in [0.25, 0.3) is 0 Å². The van der Waals surface area contributed by atoms with Crippen LogP contribution in [-0.4, -0.2) is 48.3 Å². The van der Waals surface area contributed by atoms with E-state index in [4.69, 9.17) is 4.42 Å². The molecule has 170 valence electrons. The zero-order valence-corrected chi connectivity index (χ0v) is 19.8. The highest BCUT2D eigenvalue weighted by molar-refractivity contribution is 7.90. The molecule has 6 nitrogen and oxygen atoms in total. The number of likely N-dealkylation sites (tertiary alicyclic amines) is 1. The quantitative estimate of drug-likeness (QED) is 0.585. The number of aryl methyl sites for hydroxylation is 1. The third-order valence-electron chi connectivity index (χ3n) is 6.36. The van der Waals surface area contributed by atoms with Crippen molar-refractivity contribution in [2.45, 2.75) is 50.2 Å². The van der Waals surface area contributed by atoms with Gasteiger partial charge in [0, 0.05) is 23.9 Å². The average molecular weight is 455 g/mol. The smallest absolute Gasteiger partial charge is 0.226 e. The molecule has 2 heterocycles. The molecule has 0 spiro atoms. The van der Waals surface area contributed by atoms with Crippen LogP contribution in [0, 0.1) is 6.92 Å². The van der Waals surface area contributed by atoms with E-state index in [-0.39, 0.29) is 5.54 Å². The van der Waals surface area contributed by atoms with Gasteiger partial charge in [-0.1, -0.05) is 24.3 Å². The number of aliphatic hydroxyl groups excluding tert-OH is 1. The van der Waals surface area contributed by atoms with Crippen LogP contribution in [0.3, 0.4) is 0 Å². The zero-order valence-electron chi connectivity index (χ0n) is 19.0. The molecule has 0 amide bonds. The molecule has 1 fully saturated rings. The number of oxazole rings is 1. The van der Waals surface area contributed by atoms with Crippen LogP contribution in [-0.2, 0) is 9.84 Å². The van der Waals surface area contributed by atoms with Gasteiger partial charge in [-0.25, -0.2) is 13.4 Å². The number of nitrogens with zero attached hydrogens (tertiary/aromatic N) is 2. The Labute approximate surface area is 189 Å². The van der Waals surface area contributed by atoms with Gasteiger partial charge in [0.2, 0.25) is 5.89 Å². The highest BCUT2D eigenvalue weighted by Crippen LogP contribution is 2.32. The highest BCUT2D eigenvalue weighted by Gasteiger charge is 2.34. The van der Waals surface area contributed by atoms with Gasteiger partial charge in [-0.2, -0.15) is 0 Å². The fraction of sp³-hybridized carbons (Fsp3) is 0.400. The Morgan fingerprint density at radius 2 is 1.62 bits per heavy atom. The van der Waals surface area contributed by atoms with Crippen molar-refractivity contribution in [1.82, 2.24) is 9.88 Å². The lowest BCUT2D eigenvalue weighted by atomic mass is 10.0. The predicted molar refractivity (Wildman–Crippen MR) is 125 cm³/mol. The van der Waals surface area contributed by atoms with Gasteiger partial charge in [0.15, 0.2) is 9.84 Å². The van der Waals surface area contributed by atoms with E-state index in [1.807, 2.05) is 31.2 Å². The second kappa shape index (κ2) is 8.46. The van der Waals surface area contributed by atoms with E-state index in [0.717, 1.165) is 36.1 Å². The lowest BCUT2D eigenvalue weighted by molar-refractivity contribution is 0.0749. The minimum absolute atomic E-state index is 0.0940. The summed E-state index contributed by atoms with van der Waals surface area (Å²) in [6.07, 6.45) is 2.78. The summed E-state index contributed by atoms with van der Waals surface area (Å²) in [4.78, 5) is 7.22. The standard InChI is InChI=1S/C25H30N2O4S/c1-17-23(22(28)16-27-15-5-14-25(27,2)3)26-24(31-17)20-8-6-18(7-9-20)19-10-12-21(13-11-19)32(4,29)30/h6-13,22,28H,5,14-16H2,1-4H3. The van der Waals surface area contributed by atoms with E-state index >= 15 is 0 Å². The van der Waals surface area contributed by atoms with Crippen molar-refractivity contribution >= 4 is 9.84 Å². The maximum atomic E-state index is 11.6. The van der Waals surface area contributed by atoms with Crippen molar-refractivity contribution in [2.24, 2.45) is 0 Å². The second-order valence-electron chi connectivity index (χ2n) is 9.21. The molecular weight excluding hydrogens is 424 g/mol. The van der Waals surface area contributed by atoms with Crippen LogP contribution in [0.1, 0.15) is 44.2 Å². The third-order valence-corrected chi connectivity index (χ3v) is 7.49. The predicted octanol–water partition coefficient (Wildman–Crippen LogP) is 4.63. The molecule has 2 aromatic carbocycles. The number of rotatable bonds is 6. The first-order valence-electron chi connectivity index (χ1n) is 10.9. The van der Waals surface area contributed by atoms with Crippen molar-refractivity contribution in [2.75, 3.05) is 19.3 Å². The number of benzene rings is 2. The molecule has 1 atom stereocenters. The fourth-order valence-electron chi connectivity index (χ4n) is 4.34. The molecule has 1 N–H and O–H groups in total. The van der Waals surface area contributed by atoms with E-state index in [1.165, 1.54) is 6.26 Å². The number of sulfone groups is 1. The number of aromatic nitrogens is 1. The minimum atomic E-state index is -3.21. The van der Waals surface area contributed by atoms with Crippen LogP contribution in [0.15, 0.2) is 57.8 Å². The topological polar surface area (TPSA) is 83.6 Å². The molecule has 4 rings (SSSR count). The van der Waals surface area contributed by atoms with Crippen LogP contribution in [0.5, 0.6) is 0 Å². The molecule has 0 saturated carbocycles. The molecule has 7 heteroatoms. The highest BCUT2D eigenvalue weighted by atomic mass is 32.2. The number of hydrogen-bond acceptors (Lipinski definition) is 6. The van der Waals surface area contributed by atoms with E-state index in [9.17, 15) is 13.5 Å². The summed E-state index contributed by atoms with van der Waals surface area (Å²) in [6, 6.07) is 14.6. The molecule has 32 heavy (non-hydrogen) atoms. The summed E-state index contributed by atoms with van der Waals surface area (Å²) in [7, 11) is -3.21. The Morgan fingerprint density at radius 1 is 1.06 bits per heavy atom. The molecule has 0 radical (unpaired) electrons. The molecule has 0 bridgehead atoms. The fourth-order valence-corrected chi connectivity index (χ4v) is 4.97. The summed E-state index contributed by atoms with van der Waals surface area (Å²) in [5.74, 6) is 1.11. The van der Waals surface area contributed by atoms with Gasteiger partial charge in [0.1, 0.15) is 17.6 Å². The van der Waals surface area contributed by atoms with Gasteiger partial charge in [-0.3, -0.25) is 4.90 Å². The third kappa shape index (κ3) is 4.65. The molecule has 0 aliphatic carbocycles. The summed E-state index contributed by atoms with van der Waals surface area (Å²) in [6.45, 7) is 7.79. The van der Waals surface area contributed by atoms with E-state index in [2.05, 4.69) is 23.7 Å². The van der Waals surface area contributed by atoms with Crippen LogP contribution in [0.25, 0.3) is 22.6 Å². The van der Waals surface area contributed by atoms with E-state index in [1.54, 1.807) is 24.3 Å². The molecule has 1 saturated heterocycles. The van der Waals surface area contributed by atoms with Crippen molar-refractivity contribution in [3.05, 3.63) is 60.0 Å². The lowest BCUT2D eigenvalue weighted by Crippen LogP contribution is -2.40. The van der Waals surface area contributed by atoms with Gasteiger partial charge in [-0.05, 0) is 75.5 Å². The van der Waals surface area contributed by atoms with Gasteiger partial charge in [0.05, 0.1) is 4.90 Å². The molecule has 1 unspecified atom stereocenters. The van der Waals surface area contributed by atoms with Gasteiger partial charge < -0.3 is 9.52 Å². The largest absolute Gasteiger partial charge is 0.441 e. The van der Waals surface area contributed by atoms with Crippen molar-refractivity contribution in [3.63, 3.8) is 0 Å². The van der Waals surface area contributed by atoms with Crippen LogP contribution in [0.4, 0.5) is 0 Å². The Morgan fingerprint density at radius 3 is 2.16 bits per heavy atom. The normalized spacial score (nSPS) is 17.5. The number of hydrogen-bond donors (Lipinski definition) is 1. The molecule has 1 aromatic heterocycles. The maximum absolute atomic E-state index is 11.6. The summed E-state index contributed by atoms with van der Waals surface area (Å²) in [5, 5.41) is 10.8. The Balaban J connectivity index is 1.51. The van der Waals surface area contributed by atoms with Gasteiger partial charge in [-0.15, -0.1) is 0 Å². The Bertz CT molecular complexity index is 1200. The lowest BCUT2D eigenvalue weighted by Gasteiger charge is -2.32. The molecule has 1 aliphatic heterocycles. The van der Waals surface area contributed by atoms with E-state index in [0.29, 0.717) is 28.8 Å². The van der Waals surface area contributed by atoms with Crippen LogP contribution >= 0.6 is 0 Å². The summed E-state index contributed by atoms with van der Waals surface area (Å²) >= 11 is 0.